The summed E-state index contributed by atoms with van der Waals surface area (Å²) in [4.78, 5) is 0. The van der Waals surface area contributed by atoms with E-state index in [4.69, 9.17) is 16.3 Å². The molecular weight excluding hydrogens is 256 g/mol. The van der Waals surface area contributed by atoms with Crippen LogP contribution >= 0.6 is 11.6 Å². The maximum absolute atomic E-state index is 6.14. The van der Waals surface area contributed by atoms with E-state index < -0.39 is 0 Å². The Bertz CT molecular complexity index is 544. The smallest absolute Gasteiger partial charge is 0.129 e. The van der Waals surface area contributed by atoms with Gasteiger partial charge in [0.15, 0.2) is 0 Å². The SMILES string of the molecule is Cc1ccc(Oc2cc(Cl)cc(CC(C)C)c2)cc1. The van der Waals surface area contributed by atoms with Crippen molar-refractivity contribution in [3.05, 3.63) is 58.6 Å². The van der Waals surface area contributed by atoms with Crippen molar-refractivity contribution in [1.29, 1.82) is 0 Å². The van der Waals surface area contributed by atoms with Crippen LogP contribution in [-0.2, 0) is 6.42 Å². The molecule has 0 aliphatic carbocycles. The fraction of sp³-hybridized carbons (Fsp3) is 0.294. The van der Waals surface area contributed by atoms with E-state index in [0.29, 0.717) is 5.92 Å². The van der Waals surface area contributed by atoms with Gasteiger partial charge in [-0.05, 0) is 55.2 Å². The summed E-state index contributed by atoms with van der Waals surface area (Å²) in [5.41, 5.74) is 2.43. The fourth-order valence-corrected chi connectivity index (χ4v) is 2.26. The van der Waals surface area contributed by atoms with Gasteiger partial charge in [-0.2, -0.15) is 0 Å². The molecule has 0 N–H and O–H groups in total. The number of aryl methyl sites for hydroxylation is 1. The van der Waals surface area contributed by atoms with E-state index in [9.17, 15) is 0 Å². The zero-order chi connectivity index (χ0) is 13.8. The van der Waals surface area contributed by atoms with Crippen LogP contribution in [0.1, 0.15) is 25.0 Å². The molecule has 0 amide bonds. The van der Waals surface area contributed by atoms with E-state index in [1.54, 1.807) is 0 Å². The molecule has 0 aliphatic rings. The van der Waals surface area contributed by atoms with Crippen LogP contribution in [0.2, 0.25) is 5.02 Å². The number of ether oxygens (including phenoxy) is 1. The van der Waals surface area contributed by atoms with E-state index in [1.165, 1.54) is 11.1 Å². The minimum absolute atomic E-state index is 0.602. The van der Waals surface area contributed by atoms with Gasteiger partial charge >= 0.3 is 0 Å². The number of halogens is 1. The Morgan fingerprint density at radius 1 is 1.00 bits per heavy atom. The molecule has 1 nitrogen and oxygen atoms in total. The van der Waals surface area contributed by atoms with Crippen LogP contribution in [0.15, 0.2) is 42.5 Å². The third-order valence-electron chi connectivity index (χ3n) is 2.83. The quantitative estimate of drug-likeness (QED) is 0.701. The lowest BCUT2D eigenvalue weighted by atomic mass is 10.0. The summed E-state index contributed by atoms with van der Waals surface area (Å²) in [5.74, 6) is 2.24. The summed E-state index contributed by atoms with van der Waals surface area (Å²) in [6.45, 7) is 6.45. The maximum atomic E-state index is 6.14. The van der Waals surface area contributed by atoms with Gasteiger partial charge in [0.25, 0.3) is 0 Å². The van der Waals surface area contributed by atoms with Crippen molar-refractivity contribution in [3.8, 4) is 11.5 Å². The predicted molar refractivity (Wildman–Crippen MR) is 81.2 cm³/mol. The second-order valence-corrected chi connectivity index (χ2v) is 5.74. The minimum atomic E-state index is 0.602. The molecule has 0 saturated carbocycles. The largest absolute Gasteiger partial charge is 0.457 e. The van der Waals surface area contributed by atoms with Gasteiger partial charge in [0.2, 0.25) is 0 Å². The predicted octanol–water partition coefficient (Wildman–Crippen LogP) is 5.64. The highest BCUT2D eigenvalue weighted by atomic mass is 35.5. The van der Waals surface area contributed by atoms with Gasteiger partial charge in [-0.1, -0.05) is 43.1 Å². The molecule has 0 atom stereocenters. The van der Waals surface area contributed by atoms with Gasteiger partial charge in [0, 0.05) is 5.02 Å². The summed E-state index contributed by atoms with van der Waals surface area (Å²) >= 11 is 6.14. The molecule has 0 bridgehead atoms. The molecule has 0 spiro atoms. The molecule has 0 radical (unpaired) electrons. The molecule has 0 fully saturated rings. The number of benzene rings is 2. The normalized spacial score (nSPS) is 10.8. The van der Waals surface area contributed by atoms with Crippen molar-refractivity contribution in [2.45, 2.75) is 27.2 Å². The Balaban J connectivity index is 2.19. The molecule has 2 aromatic carbocycles. The summed E-state index contributed by atoms with van der Waals surface area (Å²) in [6, 6.07) is 13.9. The van der Waals surface area contributed by atoms with Gasteiger partial charge in [0.1, 0.15) is 11.5 Å². The highest BCUT2D eigenvalue weighted by Gasteiger charge is 2.04. The molecule has 0 heterocycles. The van der Waals surface area contributed by atoms with Crippen LogP contribution < -0.4 is 4.74 Å². The lowest BCUT2D eigenvalue weighted by Gasteiger charge is -2.10. The van der Waals surface area contributed by atoms with E-state index in [0.717, 1.165) is 22.9 Å². The van der Waals surface area contributed by atoms with Crippen molar-refractivity contribution in [2.75, 3.05) is 0 Å². The van der Waals surface area contributed by atoms with Gasteiger partial charge < -0.3 is 4.74 Å². The summed E-state index contributed by atoms with van der Waals surface area (Å²) < 4.78 is 5.85. The molecule has 0 aromatic heterocycles. The molecule has 2 rings (SSSR count). The molecule has 19 heavy (non-hydrogen) atoms. The van der Waals surface area contributed by atoms with E-state index in [-0.39, 0.29) is 0 Å². The van der Waals surface area contributed by atoms with Crippen LogP contribution in [0.25, 0.3) is 0 Å². The first-order valence-electron chi connectivity index (χ1n) is 6.57. The maximum Gasteiger partial charge on any atom is 0.129 e. The monoisotopic (exact) mass is 274 g/mol. The lowest BCUT2D eigenvalue weighted by molar-refractivity contribution is 0.481. The Hall–Kier alpha value is -1.47. The lowest BCUT2D eigenvalue weighted by Crippen LogP contribution is -1.95. The molecular formula is C17H19ClO. The van der Waals surface area contributed by atoms with E-state index in [2.05, 4.69) is 26.8 Å². The number of rotatable bonds is 4. The molecule has 0 saturated heterocycles. The van der Waals surface area contributed by atoms with Crippen molar-refractivity contribution in [1.82, 2.24) is 0 Å². The van der Waals surface area contributed by atoms with Crippen LogP contribution in [-0.4, -0.2) is 0 Å². The van der Waals surface area contributed by atoms with Gasteiger partial charge in [-0.3, -0.25) is 0 Å². The fourth-order valence-electron chi connectivity index (χ4n) is 2.01. The van der Waals surface area contributed by atoms with Gasteiger partial charge in [-0.15, -0.1) is 0 Å². The average molecular weight is 275 g/mol. The van der Waals surface area contributed by atoms with E-state index in [1.807, 2.05) is 36.4 Å². The minimum Gasteiger partial charge on any atom is -0.457 e. The molecule has 0 aliphatic heterocycles. The van der Waals surface area contributed by atoms with E-state index >= 15 is 0 Å². The highest BCUT2D eigenvalue weighted by molar-refractivity contribution is 6.30. The van der Waals surface area contributed by atoms with Crippen molar-refractivity contribution in [2.24, 2.45) is 5.92 Å². The summed E-state index contributed by atoms with van der Waals surface area (Å²) in [5, 5.41) is 0.722. The third-order valence-corrected chi connectivity index (χ3v) is 3.05. The molecule has 2 heteroatoms. The molecule has 100 valence electrons. The third kappa shape index (κ3) is 4.29. The molecule has 0 unspecified atom stereocenters. The first kappa shape index (κ1) is 14.0. The Morgan fingerprint density at radius 3 is 2.32 bits per heavy atom. The number of hydrogen-bond acceptors (Lipinski definition) is 1. The van der Waals surface area contributed by atoms with Crippen molar-refractivity contribution in [3.63, 3.8) is 0 Å². The Kier molecular flexibility index (Phi) is 4.49. The topological polar surface area (TPSA) is 9.23 Å². The first-order chi connectivity index (χ1) is 9.02. The number of hydrogen-bond donors (Lipinski definition) is 0. The van der Waals surface area contributed by atoms with Crippen molar-refractivity contribution >= 4 is 11.6 Å². The highest BCUT2D eigenvalue weighted by Crippen LogP contribution is 2.27. The van der Waals surface area contributed by atoms with Crippen molar-refractivity contribution < 1.29 is 4.74 Å². The van der Waals surface area contributed by atoms with Crippen LogP contribution in [0.5, 0.6) is 11.5 Å². The van der Waals surface area contributed by atoms with Gasteiger partial charge in [0.05, 0.1) is 0 Å². The van der Waals surface area contributed by atoms with Gasteiger partial charge in [-0.25, -0.2) is 0 Å². The van der Waals surface area contributed by atoms with Crippen LogP contribution in [0.3, 0.4) is 0 Å². The zero-order valence-electron chi connectivity index (χ0n) is 11.6. The second-order valence-electron chi connectivity index (χ2n) is 5.31. The zero-order valence-corrected chi connectivity index (χ0v) is 12.4. The molecule has 2 aromatic rings. The van der Waals surface area contributed by atoms with Crippen LogP contribution in [0.4, 0.5) is 0 Å². The first-order valence-corrected chi connectivity index (χ1v) is 6.95. The summed E-state index contributed by atoms with van der Waals surface area (Å²) in [7, 11) is 0. The van der Waals surface area contributed by atoms with Crippen LogP contribution in [0, 0.1) is 12.8 Å². The Morgan fingerprint density at radius 2 is 1.68 bits per heavy atom. The standard InChI is InChI=1S/C17H19ClO/c1-12(2)8-14-9-15(18)11-17(10-14)19-16-6-4-13(3)5-7-16/h4-7,9-12H,8H2,1-3H3. The summed E-state index contributed by atoms with van der Waals surface area (Å²) in [6.07, 6.45) is 1.00. The Labute approximate surface area is 120 Å². The second kappa shape index (κ2) is 6.12. The average Bonchev–Trinajstić information content (AvgIpc) is 2.30.